The summed E-state index contributed by atoms with van der Waals surface area (Å²) < 4.78 is 0. The summed E-state index contributed by atoms with van der Waals surface area (Å²) in [5, 5.41) is 3.30. The summed E-state index contributed by atoms with van der Waals surface area (Å²) >= 11 is 0. The van der Waals surface area contributed by atoms with Gasteiger partial charge in [-0.2, -0.15) is 0 Å². The third-order valence-corrected chi connectivity index (χ3v) is 5.46. The predicted molar refractivity (Wildman–Crippen MR) is 115 cm³/mol. The molecule has 148 valence electrons. The summed E-state index contributed by atoms with van der Waals surface area (Å²) in [4.78, 5) is 24.0. The molecule has 2 aromatic carbocycles. The lowest BCUT2D eigenvalue weighted by Gasteiger charge is -2.33. The molecule has 0 saturated carbocycles. The van der Waals surface area contributed by atoms with Crippen LogP contribution in [0.3, 0.4) is 0 Å². The van der Waals surface area contributed by atoms with Crippen LogP contribution >= 0.6 is 0 Å². The second-order valence-corrected chi connectivity index (χ2v) is 7.60. The minimum Gasteiger partial charge on any atom is -0.345 e. The summed E-state index contributed by atoms with van der Waals surface area (Å²) in [6.07, 6.45) is 5.32. The highest BCUT2D eigenvalue weighted by Crippen LogP contribution is 2.25. The van der Waals surface area contributed by atoms with E-state index in [1.807, 2.05) is 24.3 Å². The van der Waals surface area contributed by atoms with E-state index in [1.165, 1.54) is 5.56 Å². The molecule has 1 N–H and O–H groups in total. The van der Waals surface area contributed by atoms with E-state index in [-0.39, 0.29) is 17.9 Å². The quantitative estimate of drug-likeness (QED) is 0.722. The summed E-state index contributed by atoms with van der Waals surface area (Å²) in [7, 11) is 0. The third-order valence-electron chi connectivity index (χ3n) is 5.46. The van der Waals surface area contributed by atoms with Gasteiger partial charge in [0.15, 0.2) is 0 Å². The van der Waals surface area contributed by atoms with Gasteiger partial charge < -0.3 is 10.2 Å². The lowest BCUT2D eigenvalue weighted by Crippen LogP contribution is -2.44. The highest BCUT2D eigenvalue weighted by molar-refractivity contribution is 5.80. The number of nitrogens with one attached hydrogen (secondary N) is 1. The Morgan fingerprint density at radius 3 is 2.41 bits per heavy atom. The Morgan fingerprint density at radius 2 is 1.69 bits per heavy atom. The smallest absolute Gasteiger partial charge is 0.225 e. The lowest BCUT2D eigenvalue weighted by atomic mass is 9.94. The van der Waals surface area contributed by atoms with Crippen LogP contribution in [0, 0.1) is 12.8 Å². The van der Waals surface area contributed by atoms with Crippen molar-refractivity contribution in [3.8, 4) is 0 Å². The van der Waals surface area contributed by atoms with Crippen LogP contribution in [-0.4, -0.2) is 29.0 Å². The Bertz CT molecular complexity index is 928. The number of rotatable bonds is 5. The van der Waals surface area contributed by atoms with Crippen LogP contribution < -0.4 is 10.2 Å². The zero-order valence-electron chi connectivity index (χ0n) is 16.7. The zero-order valence-corrected chi connectivity index (χ0v) is 16.7. The summed E-state index contributed by atoms with van der Waals surface area (Å²) in [6, 6.07) is 20.2. The van der Waals surface area contributed by atoms with E-state index >= 15 is 0 Å². The van der Waals surface area contributed by atoms with Crippen LogP contribution in [0.15, 0.2) is 73.1 Å². The molecule has 1 aromatic heterocycles. The van der Waals surface area contributed by atoms with Crippen LogP contribution in [-0.2, 0) is 4.79 Å². The monoisotopic (exact) mass is 386 g/mol. The normalized spacial score (nSPS) is 17.6. The van der Waals surface area contributed by atoms with Gasteiger partial charge in [-0.1, -0.05) is 60.2 Å². The Hall–Kier alpha value is -3.21. The fourth-order valence-electron chi connectivity index (χ4n) is 3.85. The number of aromatic nitrogens is 2. The highest BCUT2D eigenvalue weighted by atomic mass is 16.2. The highest BCUT2D eigenvalue weighted by Gasteiger charge is 2.29. The fraction of sp³-hybridized carbons (Fsp3) is 0.292. The number of carbonyl (C=O) groups excluding carboxylic acids is 1. The second-order valence-electron chi connectivity index (χ2n) is 7.60. The van der Waals surface area contributed by atoms with Crippen LogP contribution in [0.25, 0.3) is 0 Å². The van der Waals surface area contributed by atoms with Gasteiger partial charge in [-0.15, -0.1) is 0 Å². The Labute approximate surface area is 171 Å². The van der Waals surface area contributed by atoms with Gasteiger partial charge in [0.25, 0.3) is 0 Å². The minimum atomic E-state index is -0.160. The molecular weight excluding hydrogens is 360 g/mol. The largest absolute Gasteiger partial charge is 0.345 e. The first-order valence-electron chi connectivity index (χ1n) is 10.1. The van der Waals surface area contributed by atoms with Crippen molar-refractivity contribution in [3.05, 3.63) is 89.7 Å². The molecule has 4 rings (SSSR count). The molecule has 0 aliphatic carbocycles. The number of nitrogens with zero attached hydrogens (tertiary/aromatic N) is 3. The zero-order chi connectivity index (χ0) is 20.1. The number of hydrogen-bond donors (Lipinski definition) is 1. The van der Waals surface area contributed by atoms with Gasteiger partial charge in [0.1, 0.15) is 0 Å². The fourth-order valence-corrected chi connectivity index (χ4v) is 3.85. The number of aryl methyl sites for hydroxylation is 1. The molecule has 1 saturated heterocycles. The van der Waals surface area contributed by atoms with Crippen molar-refractivity contribution in [1.82, 2.24) is 15.3 Å². The van der Waals surface area contributed by atoms with E-state index < -0.39 is 0 Å². The minimum absolute atomic E-state index is 0.0794. The first kappa shape index (κ1) is 19.1. The van der Waals surface area contributed by atoms with E-state index in [0.29, 0.717) is 12.5 Å². The number of hydrogen-bond acceptors (Lipinski definition) is 4. The molecule has 1 aliphatic rings. The average Bonchev–Trinajstić information content (AvgIpc) is 2.79. The standard InChI is InChI=1S/C24H26N4O/c1-18-10-12-20(13-11-18)22(19-7-3-2-4-8-19)27-23(29)21-9-5-16-28(17-21)24-25-14-6-15-26-24/h2-4,6-8,10-15,21-22H,5,9,16-17H2,1H3,(H,27,29). The Morgan fingerprint density at radius 1 is 1.00 bits per heavy atom. The molecule has 0 radical (unpaired) electrons. The number of amides is 1. The van der Waals surface area contributed by atoms with Crippen molar-refractivity contribution in [1.29, 1.82) is 0 Å². The Kier molecular flexibility index (Phi) is 5.84. The summed E-state index contributed by atoms with van der Waals surface area (Å²) in [6.45, 7) is 3.60. The van der Waals surface area contributed by atoms with Gasteiger partial charge in [-0.3, -0.25) is 4.79 Å². The maximum atomic E-state index is 13.2. The van der Waals surface area contributed by atoms with Gasteiger partial charge in [0.2, 0.25) is 11.9 Å². The molecule has 0 spiro atoms. The van der Waals surface area contributed by atoms with Gasteiger partial charge >= 0.3 is 0 Å². The van der Waals surface area contributed by atoms with E-state index in [0.717, 1.165) is 30.5 Å². The van der Waals surface area contributed by atoms with Crippen molar-refractivity contribution >= 4 is 11.9 Å². The number of benzene rings is 2. The number of piperidine rings is 1. The molecule has 29 heavy (non-hydrogen) atoms. The van der Waals surface area contributed by atoms with E-state index in [1.54, 1.807) is 12.4 Å². The molecule has 5 heteroatoms. The molecule has 3 aromatic rings. The van der Waals surface area contributed by atoms with Crippen LogP contribution in [0.4, 0.5) is 5.95 Å². The van der Waals surface area contributed by atoms with Gasteiger partial charge in [-0.05, 0) is 37.0 Å². The molecule has 2 unspecified atom stereocenters. The summed E-state index contributed by atoms with van der Waals surface area (Å²) in [5.41, 5.74) is 3.38. The topological polar surface area (TPSA) is 58.1 Å². The SMILES string of the molecule is Cc1ccc(C(NC(=O)C2CCCN(c3ncccn3)C2)c2ccccc2)cc1. The van der Waals surface area contributed by atoms with E-state index in [9.17, 15) is 4.79 Å². The molecule has 1 fully saturated rings. The van der Waals surface area contributed by atoms with Crippen LogP contribution in [0.2, 0.25) is 0 Å². The van der Waals surface area contributed by atoms with Crippen LogP contribution in [0.1, 0.15) is 35.6 Å². The molecule has 5 nitrogen and oxygen atoms in total. The van der Waals surface area contributed by atoms with Crippen molar-refractivity contribution in [2.24, 2.45) is 5.92 Å². The predicted octanol–water partition coefficient (Wildman–Crippen LogP) is 3.91. The maximum Gasteiger partial charge on any atom is 0.225 e. The lowest BCUT2D eigenvalue weighted by molar-refractivity contribution is -0.125. The molecule has 2 heterocycles. The second kappa shape index (κ2) is 8.86. The van der Waals surface area contributed by atoms with Gasteiger partial charge in [-0.25, -0.2) is 9.97 Å². The van der Waals surface area contributed by atoms with Crippen molar-refractivity contribution in [3.63, 3.8) is 0 Å². The van der Waals surface area contributed by atoms with Gasteiger partial charge in [0.05, 0.1) is 12.0 Å². The molecule has 0 bridgehead atoms. The number of carbonyl (C=O) groups is 1. The third kappa shape index (κ3) is 4.62. The van der Waals surface area contributed by atoms with Crippen molar-refractivity contribution in [2.45, 2.75) is 25.8 Å². The van der Waals surface area contributed by atoms with Crippen molar-refractivity contribution in [2.75, 3.05) is 18.0 Å². The molecular formula is C24H26N4O. The molecule has 1 amide bonds. The van der Waals surface area contributed by atoms with Crippen molar-refractivity contribution < 1.29 is 4.79 Å². The van der Waals surface area contributed by atoms with E-state index in [4.69, 9.17) is 0 Å². The van der Waals surface area contributed by atoms with E-state index in [2.05, 4.69) is 63.5 Å². The first-order chi connectivity index (χ1) is 14.2. The van der Waals surface area contributed by atoms with Crippen LogP contribution in [0.5, 0.6) is 0 Å². The molecule has 2 atom stereocenters. The summed E-state index contributed by atoms with van der Waals surface area (Å²) in [5.74, 6) is 0.701. The average molecular weight is 386 g/mol. The maximum absolute atomic E-state index is 13.2. The molecule has 1 aliphatic heterocycles. The Balaban J connectivity index is 1.52. The first-order valence-corrected chi connectivity index (χ1v) is 10.1. The number of anilines is 1. The van der Waals surface area contributed by atoms with Gasteiger partial charge in [0, 0.05) is 25.5 Å².